The molecule has 0 unspecified atom stereocenters. The number of imidazole rings is 1. The molecule has 0 saturated heterocycles. The summed E-state index contributed by atoms with van der Waals surface area (Å²) in [5, 5.41) is 6.59. The Morgan fingerprint density at radius 2 is 2.35 bits per heavy atom. The molecule has 0 saturated carbocycles. The lowest BCUT2D eigenvalue weighted by Crippen LogP contribution is -2.17. The number of rotatable bonds is 6. The van der Waals surface area contributed by atoms with Crippen molar-refractivity contribution in [1.82, 2.24) is 19.9 Å². The van der Waals surface area contributed by atoms with Crippen LogP contribution in [0.5, 0.6) is 0 Å². The number of aryl methyl sites for hydroxylation is 1. The van der Waals surface area contributed by atoms with Crippen LogP contribution in [-0.4, -0.2) is 21.1 Å². The number of hydrogen-bond donors (Lipinski definition) is 1. The Bertz CT molecular complexity index is 461. The molecule has 0 aliphatic carbocycles. The van der Waals surface area contributed by atoms with Crippen LogP contribution < -0.4 is 5.32 Å². The quantitative estimate of drug-likeness (QED) is 0.799. The Morgan fingerprint density at radius 1 is 1.47 bits per heavy atom. The van der Waals surface area contributed by atoms with Gasteiger partial charge >= 0.3 is 0 Å². The van der Waals surface area contributed by atoms with Gasteiger partial charge in [0, 0.05) is 23.5 Å². The molecule has 5 heteroatoms. The summed E-state index contributed by atoms with van der Waals surface area (Å²) in [4.78, 5) is 8.84. The standard InChI is InChI=1S/C12H18N4S/c1-3-4-13-7-11-14-5-6-16(11)8-12-15-10(2)9-17-12/h5-6,9,13H,3-4,7-8H2,1-2H3. The molecule has 2 aromatic heterocycles. The molecule has 0 bridgehead atoms. The molecule has 0 radical (unpaired) electrons. The average Bonchev–Trinajstić information content (AvgIpc) is 2.90. The lowest BCUT2D eigenvalue weighted by atomic mass is 10.4. The zero-order valence-corrected chi connectivity index (χ0v) is 11.1. The average molecular weight is 250 g/mol. The molecule has 2 heterocycles. The summed E-state index contributed by atoms with van der Waals surface area (Å²) in [6.07, 6.45) is 5.01. The molecule has 2 rings (SSSR count). The Hall–Kier alpha value is -1.20. The van der Waals surface area contributed by atoms with Crippen LogP contribution in [0.15, 0.2) is 17.8 Å². The smallest absolute Gasteiger partial charge is 0.123 e. The van der Waals surface area contributed by atoms with Crippen LogP contribution >= 0.6 is 11.3 Å². The van der Waals surface area contributed by atoms with E-state index < -0.39 is 0 Å². The van der Waals surface area contributed by atoms with Crippen molar-refractivity contribution < 1.29 is 0 Å². The second-order valence-electron chi connectivity index (χ2n) is 4.03. The summed E-state index contributed by atoms with van der Waals surface area (Å²) in [5.41, 5.74) is 1.09. The van der Waals surface area contributed by atoms with Gasteiger partial charge in [0.15, 0.2) is 0 Å². The van der Waals surface area contributed by atoms with Gasteiger partial charge in [0.25, 0.3) is 0 Å². The van der Waals surface area contributed by atoms with Crippen molar-refractivity contribution in [2.75, 3.05) is 6.54 Å². The molecule has 0 spiro atoms. The maximum atomic E-state index is 4.47. The highest BCUT2D eigenvalue weighted by Crippen LogP contribution is 2.11. The van der Waals surface area contributed by atoms with E-state index in [1.54, 1.807) is 11.3 Å². The summed E-state index contributed by atoms with van der Waals surface area (Å²) in [7, 11) is 0. The Balaban J connectivity index is 1.98. The minimum atomic E-state index is 0.821. The third kappa shape index (κ3) is 3.38. The number of aromatic nitrogens is 3. The highest BCUT2D eigenvalue weighted by molar-refractivity contribution is 7.09. The van der Waals surface area contributed by atoms with Gasteiger partial charge in [-0.1, -0.05) is 6.92 Å². The van der Waals surface area contributed by atoms with Crippen LogP contribution in [0, 0.1) is 6.92 Å². The monoisotopic (exact) mass is 250 g/mol. The molecular weight excluding hydrogens is 232 g/mol. The van der Waals surface area contributed by atoms with Gasteiger partial charge in [-0.3, -0.25) is 0 Å². The molecule has 4 nitrogen and oxygen atoms in total. The van der Waals surface area contributed by atoms with E-state index in [1.807, 2.05) is 19.3 Å². The lowest BCUT2D eigenvalue weighted by Gasteiger charge is -2.06. The first-order valence-electron chi connectivity index (χ1n) is 5.91. The van der Waals surface area contributed by atoms with Crippen LogP contribution in [-0.2, 0) is 13.1 Å². The van der Waals surface area contributed by atoms with Crippen molar-refractivity contribution in [1.29, 1.82) is 0 Å². The Labute approximate surface area is 106 Å². The fraction of sp³-hybridized carbons (Fsp3) is 0.500. The topological polar surface area (TPSA) is 42.7 Å². The van der Waals surface area contributed by atoms with E-state index in [4.69, 9.17) is 0 Å². The summed E-state index contributed by atoms with van der Waals surface area (Å²) < 4.78 is 2.15. The van der Waals surface area contributed by atoms with E-state index in [0.717, 1.165) is 42.6 Å². The van der Waals surface area contributed by atoms with E-state index in [1.165, 1.54) is 0 Å². The minimum Gasteiger partial charge on any atom is -0.327 e. The molecule has 1 N–H and O–H groups in total. The summed E-state index contributed by atoms with van der Waals surface area (Å²) in [5.74, 6) is 1.08. The second kappa shape index (κ2) is 5.93. The van der Waals surface area contributed by atoms with E-state index in [0.29, 0.717) is 0 Å². The van der Waals surface area contributed by atoms with E-state index in [-0.39, 0.29) is 0 Å². The summed E-state index contributed by atoms with van der Waals surface area (Å²) >= 11 is 1.70. The maximum absolute atomic E-state index is 4.47. The second-order valence-corrected chi connectivity index (χ2v) is 4.97. The van der Waals surface area contributed by atoms with Crippen LogP contribution in [0.3, 0.4) is 0 Å². The first-order valence-corrected chi connectivity index (χ1v) is 6.79. The molecular formula is C12H18N4S. The van der Waals surface area contributed by atoms with Crippen molar-refractivity contribution in [2.45, 2.75) is 33.4 Å². The Morgan fingerprint density at radius 3 is 3.06 bits per heavy atom. The fourth-order valence-corrected chi connectivity index (χ4v) is 2.42. The largest absolute Gasteiger partial charge is 0.327 e. The summed E-state index contributed by atoms with van der Waals surface area (Å²) in [6.45, 7) is 6.87. The van der Waals surface area contributed by atoms with Gasteiger partial charge in [-0.25, -0.2) is 9.97 Å². The third-order valence-electron chi connectivity index (χ3n) is 2.48. The van der Waals surface area contributed by atoms with Gasteiger partial charge < -0.3 is 9.88 Å². The van der Waals surface area contributed by atoms with Gasteiger partial charge in [-0.15, -0.1) is 11.3 Å². The van der Waals surface area contributed by atoms with Crippen molar-refractivity contribution in [3.05, 3.63) is 34.3 Å². The van der Waals surface area contributed by atoms with E-state index in [2.05, 4.69) is 32.2 Å². The molecule has 0 aromatic carbocycles. The third-order valence-corrected chi connectivity index (χ3v) is 3.44. The van der Waals surface area contributed by atoms with Crippen LogP contribution in [0.4, 0.5) is 0 Å². The highest BCUT2D eigenvalue weighted by atomic mass is 32.1. The van der Waals surface area contributed by atoms with Gasteiger partial charge in [0.1, 0.15) is 10.8 Å². The van der Waals surface area contributed by atoms with E-state index >= 15 is 0 Å². The maximum Gasteiger partial charge on any atom is 0.123 e. The highest BCUT2D eigenvalue weighted by Gasteiger charge is 2.05. The SMILES string of the molecule is CCCNCc1nccn1Cc1nc(C)cs1. The number of hydrogen-bond acceptors (Lipinski definition) is 4. The molecule has 0 amide bonds. The molecule has 0 aliphatic heterocycles. The molecule has 92 valence electrons. The molecule has 17 heavy (non-hydrogen) atoms. The molecule has 2 aromatic rings. The van der Waals surface area contributed by atoms with Gasteiger partial charge in [0.2, 0.25) is 0 Å². The zero-order chi connectivity index (χ0) is 12.1. The predicted molar refractivity (Wildman–Crippen MR) is 70.2 cm³/mol. The number of thiazole rings is 1. The number of nitrogens with zero attached hydrogens (tertiary/aromatic N) is 3. The van der Waals surface area contributed by atoms with Crippen LogP contribution in [0.2, 0.25) is 0 Å². The normalized spacial score (nSPS) is 10.9. The van der Waals surface area contributed by atoms with Crippen molar-refractivity contribution in [3.8, 4) is 0 Å². The molecule has 0 fully saturated rings. The van der Waals surface area contributed by atoms with Crippen molar-refractivity contribution in [2.24, 2.45) is 0 Å². The molecule has 0 atom stereocenters. The Kier molecular flexibility index (Phi) is 4.28. The van der Waals surface area contributed by atoms with E-state index in [9.17, 15) is 0 Å². The zero-order valence-electron chi connectivity index (χ0n) is 10.3. The predicted octanol–water partition coefficient (Wildman–Crippen LogP) is 2.20. The minimum absolute atomic E-state index is 0.821. The van der Waals surface area contributed by atoms with Gasteiger partial charge in [-0.05, 0) is 19.9 Å². The van der Waals surface area contributed by atoms with Crippen molar-refractivity contribution in [3.63, 3.8) is 0 Å². The lowest BCUT2D eigenvalue weighted by molar-refractivity contribution is 0.615. The van der Waals surface area contributed by atoms with Gasteiger partial charge in [0.05, 0.1) is 13.1 Å². The summed E-state index contributed by atoms with van der Waals surface area (Å²) in [6, 6.07) is 0. The van der Waals surface area contributed by atoms with Crippen LogP contribution in [0.25, 0.3) is 0 Å². The first-order chi connectivity index (χ1) is 8.29. The van der Waals surface area contributed by atoms with Crippen LogP contribution in [0.1, 0.15) is 29.9 Å². The van der Waals surface area contributed by atoms with Crippen molar-refractivity contribution >= 4 is 11.3 Å². The number of nitrogens with one attached hydrogen (secondary N) is 1. The molecule has 0 aliphatic rings. The fourth-order valence-electron chi connectivity index (χ4n) is 1.65. The first kappa shape index (κ1) is 12.3. The van der Waals surface area contributed by atoms with Gasteiger partial charge in [-0.2, -0.15) is 0 Å².